The van der Waals surface area contributed by atoms with Gasteiger partial charge in [0, 0.05) is 83.5 Å². The number of rotatable bonds is 34. The number of aromatic nitrogens is 1. The molecule has 93 heavy (non-hydrogen) atoms. The minimum absolute atomic E-state index is 0.00517. The largest absolute Gasteiger partial charge is 0.417 e. The van der Waals surface area contributed by atoms with Crippen molar-refractivity contribution in [3.63, 3.8) is 0 Å². The quantitative estimate of drug-likeness (QED) is 0.0125. The number of benzene rings is 5. The van der Waals surface area contributed by atoms with E-state index in [9.17, 15) is 45.9 Å². The Morgan fingerprint density at radius 1 is 0.656 bits per heavy atom. The Bertz CT molecular complexity index is 3570. The maximum absolute atomic E-state index is 15.5. The van der Waals surface area contributed by atoms with Gasteiger partial charge < -0.3 is 65.3 Å². The lowest BCUT2D eigenvalue weighted by Crippen LogP contribution is -2.55. The van der Waals surface area contributed by atoms with Crippen LogP contribution in [0.25, 0.3) is 28.3 Å². The summed E-state index contributed by atoms with van der Waals surface area (Å²) >= 11 is 12.0. The van der Waals surface area contributed by atoms with Crippen LogP contribution in [0.3, 0.4) is 0 Å². The molecule has 0 bridgehead atoms. The second-order valence-corrected chi connectivity index (χ2v) is 22.2. The number of nitrogens with two attached hydrogens (primary N) is 1. The highest BCUT2D eigenvalue weighted by molar-refractivity contribution is 6.31. The van der Waals surface area contributed by atoms with E-state index in [1.165, 1.54) is 60.8 Å². The zero-order chi connectivity index (χ0) is 67.2. The first-order valence-corrected chi connectivity index (χ1v) is 30.2. The Hall–Kier alpha value is -7.92. The Balaban J connectivity index is 0.730. The second-order valence-electron chi connectivity index (χ2n) is 21.4. The molecule has 0 aliphatic carbocycles. The molecule has 0 spiro atoms. The van der Waals surface area contributed by atoms with Crippen LogP contribution in [0, 0.1) is 23.3 Å². The van der Waals surface area contributed by atoms with Gasteiger partial charge in [0.1, 0.15) is 23.3 Å². The summed E-state index contributed by atoms with van der Waals surface area (Å²) in [7, 11) is 1.98. The van der Waals surface area contributed by atoms with Crippen molar-refractivity contribution >= 4 is 70.2 Å². The molecular weight excluding hydrogens is 1270 g/mol. The first-order valence-electron chi connectivity index (χ1n) is 29.5. The lowest BCUT2D eigenvalue weighted by molar-refractivity contribution is -0.138. The van der Waals surface area contributed by atoms with Gasteiger partial charge in [-0.05, 0) is 117 Å². The minimum Gasteiger partial charge on any atom is -0.377 e. The van der Waals surface area contributed by atoms with Gasteiger partial charge >= 0.3 is 6.18 Å². The third-order valence-electron chi connectivity index (χ3n) is 14.8. The summed E-state index contributed by atoms with van der Waals surface area (Å²) in [5, 5.41) is 10.5. The number of carbonyl (C=O) groups excluding carboxylic acids is 5. The number of alkyl halides is 3. The molecular formula is C65H71Cl2F7N8O11. The molecule has 2 heterocycles. The van der Waals surface area contributed by atoms with Crippen molar-refractivity contribution in [1.29, 1.82) is 0 Å². The van der Waals surface area contributed by atoms with Crippen LogP contribution in [0.4, 0.5) is 42.1 Å². The highest BCUT2D eigenvalue weighted by Gasteiger charge is 2.37. The molecule has 0 saturated carbocycles. The molecule has 5 amide bonds. The number of amides is 5. The van der Waals surface area contributed by atoms with Gasteiger partial charge in [0.05, 0.1) is 125 Å². The van der Waals surface area contributed by atoms with Crippen LogP contribution in [0.1, 0.15) is 74.2 Å². The molecule has 1 aliphatic rings. The number of anilines is 2. The summed E-state index contributed by atoms with van der Waals surface area (Å²) in [6.07, 6.45) is -1.54. The fraction of sp³-hybridized carbons (Fsp3) is 0.369. The normalized spacial score (nSPS) is 14.7. The van der Waals surface area contributed by atoms with Crippen molar-refractivity contribution in [3.8, 4) is 22.3 Å². The van der Waals surface area contributed by atoms with Crippen LogP contribution in [-0.2, 0) is 44.2 Å². The number of halogens is 9. The second kappa shape index (κ2) is 35.4. The van der Waals surface area contributed by atoms with Gasteiger partial charge in [0.2, 0.25) is 11.8 Å². The fourth-order valence-corrected chi connectivity index (χ4v) is 10.2. The predicted octanol–water partition coefficient (Wildman–Crippen LogP) is 10.0. The monoisotopic (exact) mass is 1340 g/mol. The summed E-state index contributed by atoms with van der Waals surface area (Å²) < 4.78 is 134. The summed E-state index contributed by atoms with van der Waals surface area (Å²) in [5.74, 6) is -7.01. The molecule has 19 nitrogen and oxygen atoms in total. The number of nitrogens with one attached hydrogen (secondary N) is 5. The molecule has 3 atom stereocenters. The molecule has 0 unspecified atom stereocenters. The minimum atomic E-state index is -5.03. The lowest BCUT2D eigenvalue weighted by atomic mass is 9.98. The third-order valence-corrected chi connectivity index (χ3v) is 15.3. The highest BCUT2D eigenvalue weighted by atomic mass is 35.5. The van der Waals surface area contributed by atoms with Crippen molar-refractivity contribution < 1.29 is 83.1 Å². The predicted molar refractivity (Wildman–Crippen MR) is 336 cm³/mol. The summed E-state index contributed by atoms with van der Waals surface area (Å²) in [6.45, 7) is 8.43. The molecule has 5 aromatic carbocycles. The Labute approximate surface area is 542 Å². The van der Waals surface area contributed by atoms with Crippen LogP contribution in [0.2, 0.25) is 10.0 Å². The molecule has 6 aromatic rings. The van der Waals surface area contributed by atoms with Crippen LogP contribution in [-0.4, -0.2) is 164 Å². The fourth-order valence-electron chi connectivity index (χ4n) is 9.86. The van der Waals surface area contributed by atoms with E-state index in [-0.39, 0.29) is 132 Å². The van der Waals surface area contributed by atoms with Gasteiger partial charge in [-0.25, -0.2) is 17.6 Å². The average Bonchev–Trinajstić information content (AvgIpc) is 1.76. The van der Waals surface area contributed by atoms with Crippen molar-refractivity contribution in [2.45, 2.75) is 44.6 Å². The Morgan fingerprint density at radius 3 is 1.85 bits per heavy atom. The van der Waals surface area contributed by atoms with Gasteiger partial charge in [-0.1, -0.05) is 35.3 Å². The molecule has 500 valence electrons. The zero-order valence-electron chi connectivity index (χ0n) is 51.0. The maximum Gasteiger partial charge on any atom is 0.417 e. The number of aromatic amines is 1. The summed E-state index contributed by atoms with van der Waals surface area (Å²) in [6, 6.07) is 16.9. The standard InChI is InChI=1S/C65H71Cl2F7N8O11/c1-39-37-82(38-40(2)81(39)3)58-14-6-41(32-57(58)80-63(86)46-10-8-45(68)34-50(46)65(72,73)74)48-30-43(5-11-52(48)69)62(85)77-17-19-89-21-23-91-25-27-93-29-28-92-26-24-90-22-20-88-18-16-76-60(84)15-13-55-61(47-9-7-44(66)33-54(47)71)49(36-78-55)64(87)79-56(35-59(75)83)42-4-12-53(70)51(67)31-42/h4-15,30-34,36,39-40,56,78H,16-29,35,37-38H2,1-3H3,(H2,75,83)(H,76,84)(H,77,85)(H,79,87)(H,80,86)/b15-13+/t39-,40+,56-/m0/s1. The van der Waals surface area contributed by atoms with E-state index in [1.807, 2.05) is 25.8 Å². The van der Waals surface area contributed by atoms with E-state index >= 15 is 8.78 Å². The van der Waals surface area contributed by atoms with E-state index in [2.05, 4.69) is 31.2 Å². The molecule has 7 rings (SSSR count). The summed E-state index contributed by atoms with van der Waals surface area (Å²) in [5.41, 5.74) is 4.62. The van der Waals surface area contributed by atoms with Gasteiger partial charge in [-0.3, -0.25) is 28.9 Å². The van der Waals surface area contributed by atoms with Crippen molar-refractivity contribution in [2.24, 2.45) is 5.73 Å². The van der Waals surface area contributed by atoms with Gasteiger partial charge in [0.15, 0.2) is 0 Å². The number of primary amides is 1. The molecule has 1 aromatic heterocycles. The van der Waals surface area contributed by atoms with Crippen LogP contribution in [0.5, 0.6) is 0 Å². The van der Waals surface area contributed by atoms with Gasteiger partial charge in [-0.15, -0.1) is 0 Å². The molecule has 1 saturated heterocycles. The first kappa shape index (κ1) is 72.5. The van der Waals surface area contributed by atoms with E-state index in [1.54, 1.807) is 12.1 Å². The van der Waals surface area contributed by atoms with Crippen LogP contribution in [0.15, 0.2) is 103 Å². The van der Waals surface area contributed by atoms with Gasteiger partial charge in [-0.2, -0.15) is 13.2 Å². The number of hydrogen-bond acceptors (Lipinski definition) is 13. The van der Waals surface area contributed by atoms with Gasteiger partial charge in [0.25, 0.3) is 17.7 Å². The zero-order valence-corrected chi connectivity index (χ0v) is 52.5. The highest BCUT2D eigenvalue weighted by Crippen LogP contribution is 2.38. The van der Waals surface area contributed by atoms with E-state index in [0.29, 0.717) is 64.0 Å². The molecule has 1 aliphatic heterocycles. The number of piperazine rings is 1. The van der Waals surface area contributed by atoms with E-state index in [4.69, 9.17) is 57.4 Å². The van der Waals surface area contributed by atoms with Crippen LogP contribution >= 0.6 is 23.2 Å². The van der Waals surface area contributed by atoms with Crippen LogP contribution < -0.4 is 31.9 Å². The summed E-state index contributed by atoms with van der Waals surface area (Å²) in [4.78, 5) is 72.2. The van der Waals surface area contributed by atoms with Crippen molar-refractivity contribution in [1.82, 2.24) is 25.8 Å². The van der Waals surface area contributed by atoms with Crippen molar-refractivity contribution in [3.05, 3.63) is 170 Å². The third kappa shape index (κ3) is 21.6. The topological polar surface area (TPSA) is 237 Å². The molecule has 28 heteroatoms. The first-order chi connectivity index (χ1) is 44.5. The van der Waals surface area contributed by atoms with Crippen molar-refractivity contribution in [2.75, 3.05) is 123 Å². The molecule has 7 N–H and O–H groups in total. The Morgan fingerprint density at radius 2 is 1.26 bits per heavy atom. The molecule has 0 radical (unpaired) electrons. The molecule has 1 fully saturated rings. The smallest absolute Gasteiger partial charge is 0.377 e. The number of carbonyl (C=O) groups is 5. The lowest BCUT2D eigenvalue weighted by Gasteiger charge is -2.44. The maximum atomic E-state index is 15.5. The average molecular weight is 1340 g/mol. The number of ether oxygens (including phenoxy) is 6. The Kier molecular flexibility index (Phi) is 27.6. The number of hydrogen-bond donors (Lipinski definition) is 6. The number of H-pyrrole nitrogens is 1. The number of likely N-dealkylation sites (N-methyl/N-ethyl adjacent to an activating group) is 1. The van der Waals surface area contributed by atoms with E-state index in [0.717, 1.165) is 30.3 Å². The van der Waals surface area contributed by atoms with E-state index < -0.39 is 76.1 Å². The SMILES string of the molecule is C[C@@H]1CN(c2ccc(-c3cc(C(=O)NCCOCCOCCOCCOCCOCCOCCNC(=O)/C=C/c4[nH]cc(C(=O)N[C@@H](CC(N)=O)c5ccc(F)c(Cl)c5)c4-c4ccc(Cl)cc4F)ccc3F)cc2NC(=O)c2ccc(F)cc2C(F)(F)F)C[C@H](C)N1C. The number of nitrogens with zero attached hydrogens (tertiary/aromatic N) is 2.